The second-order valence-electron chi connectivity index (χ2n) is 4.20. The van der Waals surface area contributed by atoms with Crippen LogP contribution < -0.4 is 9.47 Å². The molecule has 0 atom stereocenters. The zero-order valence-corrected chi connectivity index (χ0v) is 13.4. The SMILES string of the molecule is COc1ccc(Cl)cc1COc1cc(C(=O)O)ccc1Br. The molecule has 0 aliphatic heterocycles. The van der Waals surface area contributed by atoms with Crippen LogP contribution in [-0.4, -0.2) is 18.2 Å². The third-order valence-corrected chi connectivity index (χ3v) is 3.69. The predicted molar refractivity (Wildman–Crippen MR) is 83.4 cm³/mol. The molecule has 0 spiro atoms. The van der Waals surface area contributed by atoms with Crippen molar-refractivity contribution in [2.75, 3.05) is 7.11 Å². The summed E-state index contributed by atoms with van der Waals surface area (Å²) in [4.78, 5) is 11.0. The van der Waals surface area contributed by atoms with Crippen LogP contribution in [0.4, 0.5) is 0 Å². The maximum Gasteiger partial charge on any atom is 0.335 e. The Hall–Kier alpha value is -1.72. The van der Waals surface area contributed by atoms with Crippen molar-refractivity contribution in [1.29, 1.82) is 0 Å². The summed E-state index contributed by atoms with van der Waals surface area (Å²) in [5, 5.41) is 9.57. The summed E-state index contributed by atoms with van der Waals surface area (Å²) in [5.41, 5.74) is 0.934. The molecule has 0 heterocycles. The largest absolute Gasteiger partial charge is 0.496 e. The summed E-state index contributed by atoms with van der Waals surface area (Å²) in [6, 6.07) is 9.82. The van der Waals surface area contributed by atoms with E-state index in [4.69, 9.17) is 26.2 Å². The summed E-state index contributed by atoms with van der Waals surface area (Å²) < 4.78 is 11.6. The first-order valence-corrected chi connectivity index (χ1v) is 7.16. The highest BCUT2D eigenvalue weighted by Crippen LogP contribution is 2.29. The van der Waals surface area contributed by atoms with Crippen LogP contribution in [0, 0.1) is 0 Å². The zero-order valence-electron chi connectivity index (χ0n) is 11.1. The number of rotatable bonds is 5. The normalized spacial score (nSPS) is 10.2. The van der Waals surface area contributed by atoms with Gasteiger partial charge in [-0.05, 0) is 52.3 Å². The van der Waals surface area contributed by atoms with Crippen molar-refractivity contribution >= 4 is 33.5 Å². The van der Waals surface area contributed by atoms with Gasteiger partial charge in [0.15, 0.2) is 0 Å². The van der Waals surface area contributed by atoms with Gasteiger partial charge in [0.2, 0.25) is 0 Å². The van der Waals surface area contributed by atoms with Crippen molar-refractivity contribution in [1.82, 2.24) is 0 Å². The Morgan fingerprint density at radius 1 is 1.24 bits per heavy atom. The number of ether oxygens (including phenoxy) is 2. The molecular weight excluding hydrogens is 360 g/mol. The number of methoxy groups -OCH3 is 1. The van der Waals surface area contributed by atoms with Crippen LogP contribution in [0.3, 0.4) is 0 Å². The van der Waals surface area contributed by atoms with Crippen molar-refractivity contribution in [3.63, 3.8) is 0 Å². The van der Waals surface area contributed by atoms with E-state index in [9.17, 15) is 4.79 Å². The van der Waals surface area contributed by atoms with E-state index in [-0.39, 0.29) is 12.2 Å². The zero-order chi connectivity index (χ0) is 15.4. The van der Waals surface area contributed by atoms with Gasteiger partial charge < -0.3 is 14.6 Å². The second-order valence-corrected chi connectivity index (χ2v) is 5.49. The Morgan fingerprint density at radius 3 is 2.67 bits per heavy atom. The first kappa shape index (κ1) is 15.7. The molecule has 0 aliphatic carbocycles. The van der Waals surface area contributed by atoms with Crippen LogP contribution in [0.5, 0.6) is 11.5 Å². The number of hydrogen-bond donors (Lipinski definition) is 1. The van der Waals surface area contributed by atoms with Crippen LogP contribution in [0.1, 0.15) is 15.9 Å². The van der Waals surface area contributed by atoms with E-state index < -0.39 is 5.97 Å². The van der Waals surface area contributed by atoms with Crippen molar-refractivity contribution < 1.29 is 19.4 Å². The highest BCUT2D eigenvalue weighted by molar-refractivity contribution is 9.10. The Balaban J connectivity index is 2.22. The smallest absolute Gasteiger partial charge is 0.335 e. The van der Waals surface area contributed by atoms with Crippen molar-refractivity contribution in [3.8, 4) is 11.5 Å². The van der Waals surface area contributed by atoms with E-state index >= 15 is 0 Å². The molecule has 0 aromatic heterocycles. The van der Waals surface area contributed by atoms with Gasteiger partial charge in [-0.3, -0.25) is 0 Å². The molecule has 0 saturated heterocycles. The molecule has 4 nitrogen and oxygen atoms in total. The molecule has 2 rings (SSSR count). The predicted octanol–water partition coefficient (Wildman–Crippen LogP) is 4.39. The van der Waals surface area contributed by atoms with Gasteiger partial charge >= 0.3 is 5.97 Å². The number of halogens is 2. The molecule has 2 aromatic rings. The lowest BCUT2D eigenvalue weighted by molar-refractivity contribution is 0.0696. The van der Waals surface area contributed by atoms with E-state index in [1.54, 1.807) is 31.4 Å². The standard InChI is InChI=1S/C15H12BrClO4/c1-20-13-5-3-11(17)6-10(13)8-21-14-7-9(15(18)19)2-4-12(14)16/h2-7H,8H2,1H3,(H,18,19). The Labute approximate surface area is 135 Å². The molecule has 6 heteroatoms. The molecule has 0 radical (unpaired) electrons. The van der Waals surface area contributed by atoms with Gasteiger partial charge in [0, 0.05) is 10.6 Å². The summed E-state index contributed by atoms with van der Waals surface area (Å²) in [6.07, 6.45) is 0. The minimum atomic E-state index is -1.01. The van der Waals surface area contributed by atoms with Gasteiger partial charge in [-0.25, -0.2) is 4.79 Å². The van der Waals surface area contributed by atoms with Gasteiger partial charge in [-0.2, -0.15) is 0 Å². The van der Waals surface area contributed by atoms with Crippen LogP contribution in [0.25, 0.3) is 0 Å². The van der Waals surface area contributed by atoms with Crippen LogP contribution >= 0.6 is 27.5 Å². The fourth-order valence-electron chi connectivity index (χ4n) is 1.76. The number of carboxylic acid groups (broad SMARTS) is 1. The number of carbonyl (C=O) groups is 1. The van der Waals surface area contributed by atoms with Gasteiger partial charge in [0.1, 0.15) is 18.1 Å². The molecule has 0 unspecified atom stereocenters. The topological polar surface area (TPSA) is 55.8 Å². The minimum absolute atomic E-state index is 0.159. The van der Waals surface area contributed by atoms with Crippen LogP contribution in [0.2, 0.25) is 5.02 Å². The maximum absolute atomic E-state index is 11.0. The molecule has 0 bridgehead atoms. The number of carboxylic acids is 1. The van der Waals surface area contributed by atoms with E-state index in [1.807, 2.05) is 0 Å². The Bertz CT molecular complexity index is 673. The monoisotopic (exact) mass is 370 g/mol. The summed E-state index contributed by atoms with van der Waals surface area (Å²) in [6.45, 7) is 0.214. The van der Waals surface area contributed by atoms with Crippen molar-refractivity contribution in [3.05, 3.63) is 57.0 Å². The first-order valence-electron chi connectivity index (χ1n) is 5.99. The van der Waals surface area contributed by atoms with Gasteiger partial charge in [-0.15, -0.1) is 0 Å². The Kier molecular flexibility index (Phi) is 5.09. The molecule has 0 fully saturated rings. The Morgan fingerprint density at radius 2 is 2.00 bits per heavy atom. The minimum Gasteiger partial charge on any atom is -0.496 e. The molecule has 110 valence electrons. The summed E-state index contributed by atoms with van der Waals surface area (Å²) in [5.74, 6) is 0.0922. The van der Waals surface area contributed by atoms with Crippen molar-refractivity contribution in [2.45, 2.75) is 6.61 Å². The lowest BCUT2D eigenvalue weighted by Crippen LogP contribution is -2.01. The third kappa shape index (κ3) is 3.89. The lowest BCUT2D eigenvalue weighted by atomic mass is 10.2. The van der Waals surface area contributed by atoms with E-state index in [0.29, 0.717) is 21.0 Å². The molecule has 0 saturated carbocycles. The highest BCUT2D eigenvalue weighted by Gasteiger charge is 2.10. The third-order valence-electron chi connectivity index (χ3n) is 2.80. The van der Waals surface area contributed by atoms with E-state index in [2.05, 4.69) is 15.9 Å². The lowest BCUT2D eigenvalue weighted by Gasteiger charge is -2.12. The quantitative estimate of drug-likeness (QED) is 0.847. The van der Waals surface area contributed by atoms with Gasteiger partial charge in [0.05, 0.1) is 17.1 Å². The number of benzene rings is 2. The molecule has 2 aromatic carbocycles. The average molecular weight is 372 g/mol. The molecule has 0 amide bonds. The maximum atomic E-state index is 11.0. The molecule has 0 aliphatic rings. The fourth-order valence-corrected chi connectivity index (χ4v) is 2.32. The van der Waals surface area contributed by atoms with Gasteiger partial charge in [-0.1, -0.05) is 11.6 Å². The first-order chi connectivity index (χ1) is 10.0. The molecule has 1 N–H and O–H groups in total. The number of hydrogen-bond acceptors (Lipinski definition) is 3. The molecule has 21 heavy (non-hydrogen) atoms. The summed E-state index contributed by atoms with van der Waals surface area (Å²) in [7, 11) is 1.56. The fraction of sp³-hybridized carbons (Fsp3) is 0.133. The van der Waals surface area contributed by atoms with Crippen LogP contribution in [0.15, 0.2) is 40.9 Å². The van der Waals surface area contributed by atoms with E-state index in [1.165, 1.54) is 12.1 Å². The second kappa shape index (κ2) is 6.83. The van der Waals surface area contributed by atoms with Crippen molar-refractivity contribution in [2.24, 2.45) is 0 Å². The van der Waals surface area contributed by atoms with Crippen LogP contribution in [-0.2, 0) is 6.61 Å². The van der Waals surface area contributed by atoms with E-state index in [0.717, 1.165) is 5.56 Å². The number of aromatic carboxylic acids is 1. The van der Waals surface area contributed by atoms with Gasteiger partial charge in [0.25, 0.3) is 0 Å². The average Bonchev–Trinajstić information content (AvgIpc) is 2.46. The summed E-state index contributed by atoms with van der Waals surface area (Å²) >= 11 is 9.28. The molecular formula is C15H12BrClO4. The highest BCUT2D eigenvalue weighted by atomic mass is 79.9.